The van der Waals surface area contributed by atoms with Crippen LogP contribution in [0.15, 0.2) is 30.3 Å². The zero-order valence-electron chi connectivity index (χ0n) is 12.0. The predicted molar refractivity (Wildman–Crippen MR) is 78.8 cm³/mol. The minimum atomic E-state index is 0.110. The van der Waals surface area contributed by atoms with E-state index in [4.69, 9.17) is 0 Å². The molecular formula is C17H24N2. The summed E-state index contributed by atoms with van der Waals surface area (Å²) in [6.45, 7) is 5.46. The molecule has 1 N–H and O–H groups in total. The van der Waals surface area contributed by atoms with E-state index in [0.29, 0.717) is 6.04 Å². The summed E-state index contributed by atoms with van der Waals surface area (Å²) in [5.41, 5.74) is 1.46. The van der Waals surface area contributed by atoms with Gasteiger partial charge in [0.25, 0.3) is 0 Å². The molecule has 1 aromatic carbocycles. The van der Waals surface area contributed by atoms with E-state index in [0.717, 1.165) is 19.4 Å². The molecule has 0 amide bonds. The van der Waals surface area contributed by atoms with Crippen LogP contribution in [-0.4, -0.2) is 12.6 Å². The molecule has 2 unspecified atom stereocenters. The molecule has 1 saturated carbocycles. The second-order valence-corrected chi connectivity index (χ2v) is 6.26. The van der Waals surface area contributed by atoms with Crippen molar-refractivity contribution in [1.29, 1.82) is 5.26 Å². The lowest BCUT2D eigenvalue weighted by atomic mass is 9.82. The van der Waals surface area contributed by atoms with Crippen molar-refractivity contribution in [2.24, 2.45) is 5.92 Å². The highest BCUT2D eigenvalue weighted by Crippen LogP contribution is 2.26. The first-order chi connectivity index (χ1) is 9.13. The van der Waals surface area contributed by atoms with E-state index in [-0.39, 0.29) is 11.3 Å². The standard InChI is InChI=1S/C17H24N2/c1-17(2,15-9-4-3-5-10-15)13-19-16-11-7-6-8-14(16)12-18/h3-5,9-10,14,16,19H,6-8,11,13H2,1-2H3. The van der Waals surface area contributed by atoms with Crippen molar-refractivity contribution in [3.05, 3.63) is 35.9 Å². The van der Waals surface area contributed by atoms with E-state index in [9.17, 15) is 5.26 Å². The van der Waals surface area contributed by atoms with Crippen molar-refractivity contribution >= 4 is 0 Å². The molecule has 2 rings (SSSR count). The van der Waals surface area contributed by atoms with Crippen molar-refractivity contribution in [3.63, 3.8) is 0 Å². The molecule has 1 aromatic rings. The monoisotopic (exact) mass is 256 g/mol. The van der Waals surface area contributed by atoms with Gasteiger partial charge in [-0.25, -0.2) is 0 Å². The third-order valence-corrected chi connectivity index (χ3v) is 4.29. The summed E-state index contributed by atoms with van der Waals surface area (Å²) in [6, 6.07) is 13.5. The maximum absolute atomic E-state index is 9.22. The minimum Gasteiger partial charge on any atom is -0.312 e. The zero-order chi connectivity index (χ0) is 13.7. The molecule has 1 fully saturated rings. The molecular weight excluding hydrogens is 232 g/mol. The summed E-state index contributed by atoms with van der Waals surface area (Å²) >= 11 is 0. The van der Waals surface area contributed by atoms with Gasteiger partial charge < -0.3 is 5.32 Å². The Balaban J connectivity index is 1.96. The number of nitrogens with one attached hydrogen (secondary N) is 1. The summed E-state index contributed by atoms with van der Waals surface area (Å²) in [7, 11) is 0. The van der Waals surface area contributed by atoms with Gasteiger partial charge in [-0.3, -0.25) is 0 Å². The number of rotatable bonds is 4. The Kier molecular flexibility index (Phi) is 4.61. The lowest BCUT2D eigenvalue weighted by Gasteiger charge is -2.32. The van der Waals surface area contributed by atoms with Gasteiger partial charge in [-0.15, -0.1) is 0 Å². The quantitative estimate of drug-likeness (QED) is 0.892. The molecule has 0 bridgehead atoms. The number of hydrogen-bond donors (Lipinski definition) is 1. The zero-order valence-corrected chi connectivity index (χ0v) is 12.0. The molecule has 2 nitrogen and oxygen atoms in total. The van der Waals surface area contributed by atoms with E-state index in [1.54, 1.807) is 0 Å². The van der Waals surface area contributed by atoms with Gasteiger partial charge in [0, 0.05) is 18.0 Å². The second kappa shape index (κ2) is 6.21. The van der Waals surface area contributed by atoms with Crippen LogP contribution in [0.25, 0.3) is 0 Å². The van der Waals surface area contributed by atoms with Crippen LogP contribution >= 0.6 is 0 Å². The fourth-order valence-electron chi connectivity index (χ4n) is 2.91. The highest BCUT2D eigenvalue weighted by Gasteiger charge is 2.27. The van der Waals surface area contributed by atoms with Gasteiger partial charge in [-0.05, 0) is 18.4 Å². The molecule has 0 heterocycles. The molecule has 19 heavy (non-hydrogen) atoms. The van der Waals surface area contributed by atoms with Gasteiger partial charge in [-0.2, -0.15) is 5.26 Å². The first-order valence-corrected chi connectivity index (χ1v) is 7.32. The van der Waals surface area contributed by atoms with Crippen LogP contribution in [0.5, 0.6) is 0 Å². The number of nitrogens with zero attached hydrogens (tertiary/aromatic N) is 1. The summed E-state index contributed by atoms with van der Waals surface area (Å²) < 4.78 is 0. The van der Waals surface area contributed by atoms with Crippen molar-refractivity contribution < 1.29 is 0 Å². The average molecular weight is 256 g/mol. The summed E-state index contributed by atoms with van der Waals surface area (Å²) in [5, 5.41) is 12.9. The van der Waals surface area contributed by atoms with Gasteiger partial charge in [0.2, 0.25) is 0 Å². The number of nitriles is 1. The predicted octanol–water partition coefficient (Wildman–Crippen LogP) is 3.64. The lowest BCUT2D eigenvalue weighted by Crippen LogP contribution is -2.44. The molecule has 102 valence electrons. The maximum atomic E-state index is 9.22. The average Bonchev–Trinajstić information content (AvgIpc) is 2.46. The second-order valence-electron chi connectivity index (χ2n) is 6.26. The van der Waals surface area contributed by atoms with Crippen LogP contribution in [0, 0.1) is 17.2 Å². The van der Waals surface area contributed by atoms with E-state index in [1.165, 1.54) is 18.4 Å². The summed E-state index contributed by atoms with van der Waals surface area (Å²) in [6.07, 6.45) is 4.66. The summed E-state index contributed by atoms with van der Waals surface area (Å²) in [5.74, 6) is 0.195. The topological polar surface area (TPSA) is 35.8 Å². The highest BCUT2D eigenvalue weighted by molar-refractivity contribution is 5.24. The van der Waals surface area contributed by atoms with E-state index >= 15 is 0 Å². The molecule has 2 atom stereocenters. The van der Waals surface area contributed by atoms with Crippen LogP contribution in [0.3, 0.4) is 0 Å². The Bertz CT molecular complexity index is 430. The molecule has 0 saturated heterocycles. The van der Waals surface area contributed by atoms with Crippen molar-refractivity contribution in [2.75, 3.05) is 6.54 Å². The smallest absolute Gasteiger partial charge is 0.0672 e. The molecule has 1 aliphatic carbocycles. The molecule has 0 spiro atoms. The van der Waals surface area contributed by atoms with Crippen molar-refractivity contribution in [2.45, 2.75) is 51.0 Å². The van der Waals surface area contributed by atoms with Gasteiger partial charge in [0.05, 0.1) is 12.0 Å². The Labute approximate surface area is 116 Å². The van der Waals surface area contributed by atoms with E-state index in [1.807, 2.05) is 0 Å². The van der Waals surface area contributed by atoms with Gasteiger partial charge in [0.1, 0.15) is 0 Å². The largest absolute Gasteiger partial charge is 0.312 e. The molecule has 0 aliphatic heterocycles. The van der Waals surface area contributed by atoms with Crippen molar-refractivity contribution in [1.82, 2.24) is 5.32 Å². The normalized spacial score (nSPS) is 23.8. The van der Waals surface area contributed by atoms with Gasteiger partial charge in [0.15, 0.2) is 0 Å². The van der Waals surface area contributed by atoms with Crippen LogP contribution < -0.4 is 5.32 Å². The molecule has 1 aliphatic rings. The molecule has 0 aromatic heterocycles. The highest BCUT2D eigenvalue weighted by atomic mass is 14.9. The Morgan fingerprint density at radius 1 is 1.21 bits per heavy atom. The first kappa shape index (κ1) is 14.1. The van der Waals surface area contributed by atoms with Crippen LogP contribution in [-0.2, 0) is 5.41 Å². The Morgan fingerprint density at radius 2 is 1.89 bits per heavy atom. The minimum absolute atomic E-state index is 0.110. The van der Waals surface area contributed by atoms with Gasteiger partial charge >= 0.3 is 0 Å². The lowest BCUT2D eigenvalue weighted by molar-refractivity contribution is 0.292. The Morgan fingerprint density at radius 3 is 2.58 bits per heavy atom. The van der Waals surface area contributed by atoms with Crippen molar-refractivity contribution in [3.8, 4) is 6.07 Å². The number of benzene rings is 1. The number of hydrogen-bond acceptors (Lipinski definition) is 2. The van der Waals surface area contributed by atoms with Crippen LogP contribution in [0.1, 0.15) is 45.1 Å². The molecule has 0 radical (unpaired) electrons. The van der Waals surface area contributed by atoms with Crippen LogP contribution in [0.2, 0.25) is 0 Å². The maximum Gasteiger partial charge on any atom is 0.0672 e. The summed E-state index contributed by atoms with van der Waals surface area (Å²) in [4.78, 5) is 0. The first-order valence-electron chi connectivity index (χ1n) is 7.32. The third-order valence-electron chi connectivity index (χ3n) is 4.29. The fraction of sp³-hybridized carbons (Fsp3) is 0.588. The van der Waals surface area contributed by atoms with E-state index in [2.05, 4.69) is 55.6 Å². The fourth-order valence-corrected chi connectivity index (χ4v) is 2.91. The van der Waals surface area contributed by atoms with Gasteiger partial charge in [-0.1, -0.05) is 57.0 Å². The third kappa shape index (κ3) is 3.58. The molecule has 2 heteroatoms. The Hall–Kier alpha value is -1.33. The van der Waals surface area contributed by atoms with Crippen LogP contribution in [0.4, 0.5) is 0 Å². The SMILES string of the molecule is CC(C)(CNC1CCCCC1C#N)c1ccccc1. The van der Waals surface area contributed by atoms with E-state index < -0.39 is 0 Å².